The second-order valence-electron chi connectivity index (χ2n) is 0. The van der Waals surface area contributed by atoms with Crippen LogP contribution in [0.1, 0.15) is 2.85 Å². The van der Waals surface area contributed by atoms with Crippen LogP contribution in [0.2, 0.25) is 0 Å². The Labute approximate surface area is 142 Å². The van der Waals surface area contributed by atoms with Crippen molar-refractivity contribution < 1.29 is 100 Å². The first-order valence-electron chi connectivity index (χ1n) is 0.154. The summed E-state index contributed by atoms with van der Waals surface area (Å²) in [4.78, 5) is 0. The Balaban J connectivity index is -0.000000000333. The van der Waals surface area contributed by atoms with E-state index in [2.05, 4.69) is 0 Å². The van der Waals surface area contributed by atoms with Gasteiger partial charge in [0.2, 0.25) is 0 Å². The molecule has 33 valence electrons. The maximum atomic E-state index is 8.06. The van der Waals surface area contributed by atoms with Crippen molar-refractivity contribution in [3.05, 3.63) is 0 Å². The van der Waals surface area contributed by atoms with Crippen LogP contribution in [0.15, 0.2) is 0 Å². The molecule has 0 saturated carbocycles. The van der Waals surface area contributed by atoms with Crippen LogP contribution in [0.4, 0.5) is 0 Å². The summed E-state index contributed by atoms with van der Waals surface area (Å²) in [6.45, 7) is 0. The van der Waals surface area contributed by atoms with E-state index in [9.17, 15) is 0 Å². The van der Waals surface area contributed by atoms with E-state index >= 15 is 0 Å². The summed E-state index contributed by atoms with van der Waals surface area (Å²) < 4.78 is 8.06. The van der Waals surface area contributed by atoms with Crippen molar-refractivity contribution >= 4 is 45.5 Å². The molecule has 6 heteroatoms. The van der Waals surface area contributed by atoms with Crippen molar-refractivity contribution in [2.45, 2.75) is 0 Å². The second-order valence-corrected chi connectivity index (χ2v) is 0. The van der Waals surface area contributed by atoms with Gasteiger partial charge in [0.15, 0.2) is 0 Å². The molecule has 0 aromatic rings. The molecule has 0 aromatic heterocycles. The maximum Gasteiger partial charge on any atom is 2.00 e. The average Bonchev–Trinajstić information content (AvgIpc) is 1.00. The maximum absolute atomic E-state index is 8.06. The SMILES string of the molecule is [Ag].[H-].[H-].[La].[O]=[Mn].[Sr+2].[Zn]. The van der Waals surface area contributed by atoms with Gasteiger partial charge in [0, 0.05) is 77.5 Å². The minimum Gasteiger partial charge on any atom is 0 e. The topological polar surface area (TPSA) is 17.1 Å². The smallest absolute Gasteiger partial charge is 0 e. The van der Waals surface area contributed by atoms with Crippen molar-refractivity contribution in [2.75, 3.05) is 0 Å². The van der Waals surface area contributed by atoms with Crippen molar-refractivity contribution in [1.82, 2.24) is 0 Å². The summed E-state index contributed by atoms with van der Waals surface area (Å²) >= 11 is 1.69. The van der Waals surface area contributed by atoms with Crippen LogP contribution in [-0.4, -0.2) is 45.5 Å². The quantitative estimate of drug-likeness (QED) is 0.443. The van der Waals surface area contributed by atoms with Gasteiger partial charge in [0.25, 0.3) is 0 Å². The summed E-state index contributed by atoms with van der Waals surface area (Å²) in [6.07, 6.45) is 0. The van der Waals surface area contributed by atoms with Crippen LogP contribution < -0.4 is 0 Å². The van der Waals surface area contributed by atoms with Crippen molar-refractivity contribution in [3.8, 4) is 0 Å². The van der Waals surface area contributed by atoms with E-state index in [1.165, 1.54) is 0 Å². The van der Waals surface area contributed by atoms with E-state index in [4.69, 9.17) is 3.83 Å². The molecule has 2 radical (unpaired) electrons. The van der Waals surface area contributed by atoms with E-state index < -0.39 is 0 Å². The average molecular weight is 473 g/mol. The normalized spacial score (nSPS) is 0.667. The fraction of sp³-hybridized carbons (Fsp3) is 0. The summed E-state index contributed by atoms with van der Waals surface area (Å²) in [5, 5.41) is 0. The van der Waals surface area contributed by atoms with Gasteiger partial charge in [-0.25, -0.2) is 0 Å². The number of hydrogen-bond donors (Lipinski definition) is 0. The minimum atomic E-state index is 0. The van der Waals surface area contributed by atoms with Gasteiger partial charge in [0.1, 0.15) is 0 Å². The predicted octanol–water partition coefficient (Wildman–Crippen LogP) is -0.282. The fourth-order valence-corrected chi connectivity index (χ4v) is 0. The molecule has 0 amide bonds. The van der Waals surface area contributed by atoms with Crippen molar-refractivity contribution in [1.29, 1.82) is 0 Å². The molecule has 1 nitrogen and oxygen atoms in total. The van der Waals surface area contributed by atoms with Crippen LogP contribution >= 0.6 is 0 Å². The van der Waals surface area contributed by atoms with Crippen LogP contribution in [-0.2, 0) is 61.6 Å². The molecule has 0 aliphatic rings. The molecule has 0 heterocycles. The summed E-state index contributed by atoms with van der Waals surface area (Å²) in [6, 6.07) is 0. The Kier molecular flexibility index (Phi) is 181. The summed E-state index contributed by atoms with van der Waals surface area (Å²) in [7, 11) is 0. The van der Waals surface area contributed by atoms with Crippen molar-refractivity contribution in [3.63, 3.8) is 0 Å². The van der Waals surface area contributed by atoms with Crippen LogP contribution in [0.25, 0.3) is 0 Å². The molecule has 0 unspecified atom stereocenters. The molecule has 0 aliphatic carbocycles. The first kappa shape index (κ1) is 31.6. The Morgan fingerprint density at radius 1 is 1.33 bits per heavy atom. The van der Waals surface area contributed by atoms with Gasteiger partial charge in [-0.2, -0.15) is 0 Å². The van der Waals surface area contributed by atoms with Gasteiger partial charge >= 0.3 is 65.3 Å². The van der Waals surface area contributed by atoms with E-state index in [0.29, 0.717) is 0 Å². The van der Waals surface area contributed by atoms with E-state index in [1.54, 1.807) is 15.9 Å². The molecule has 0 rings (SSSR count). The Hall–Kier alpha value is 4.36. The molecular formula is H2AgLaMnOSrZn. The largest absolute Gasteiger partial charge is 2.00 e. The first-order valence-corrected chi connectivity index (χ1v) is 0.636. The zero-order valence-corrected chi connectivity index (χ0v) is 15.8. The Morgan fingerprint density at radius 2 is 1.33 bits per heavy atom. The molecule has 0 aliphatic heterocycles. The predicted molar refractivity (Wildman–Crippen MR) is 8.66 cm³/mol. The van der Waals surface area contributed by atoms with Gasteiger partial charge in [-0.1, -0.05) is 0 Å². The summed E-state index contributed by atoms with van der Waals surface area (Å²) in [5.41, 5.74) is 0. The zero-order chi connectivity index (χ0) is 2.00. The molecular weight excluding hydrogens is 471 g/mol. The fourth-order valence-electron chi connectivity index (χ4n) is 0. The van der Waals surface area contributed by atoms with Crippen LogP contribution in [0.3, 0.4) is 0 Å². The molecule has 0 N–H and O–H groups in total. The summed E-state index contributed by atoms with van der Waals surface area (Å²) in [5.74, 6) is 0. The van der Waals surface area contributed by atoms with Gasteiger partial charge in [-0.05, 0) is 0 Å². The monoisotopic (exact) mass is 471 g/mol. The molecule has 0 atom stereocenters. The van der Waals surface area contributed by atoms with Gasteiger partial charge in [-0.15, -0.1) is 0 Å². The Morgan fingerprint density at radius 3 is 1.33 bits per heavy atom. The first-order chi connectivity index (χ1) is 1.00. The molecule has 0 aromatic carbocycles. The van der Waals surface area contributed by atoms with E-state index in [-0.39, 0.29) is 126 Å². The van der Waals surface area contributed by atoms with E-state index in [0.717, 1.165) is 0 Å². The van der Waals surface area contributed by atoms with Gasteiger partial charge < -0.3 is 2.85 Å². The van der Waals surface area contributed by atoms with Gasteiger partial charge in [0.05, 0.1) is 0 Å². The molecule has 6 heavy (non-hydrogen) atoms. The second kappa shape index (κ2) is 34.4. The molecule has 0 bridgehead atoms. The minimum absolute atomic E-state index is 0. The standard InChI is InChI=1S/Ag.La.Mn.O.Sr.Zn.2H/q;;;;+2;;2*-1. The third-order valence-electron chi connectivity index (χ3n) is 0. The van der Waals surface area contributed by atoms with Crippen LogP contribution in [0, 0.1) is 35.6 Å². The number of hydrogen-bond acceptors (Lipinski definition) is 1. The Bertz CT molecular complexity index is 22.0. The zero-order valence-electron chi connectivity index (χ0n) is 5.08. The third kappa shape index (κ3) is 23.8. The number of rotatable bonds is 0. The van der Waals surface area contributed by atoms with Gasteiger partial charge in [-0.3, -0.25) is 0 Å². The van der Waals surface area contributed by atoms with E-state index in [1.807, 2.05) is 0 Å². The molecule has 0 spiro atoms. The molecule has 0 saturated heterocycles. The van der Waals surface area contributed by atoms with Crippen LogP contribution in [0.5, 0.6) is 0 Å². The molecule has 0 fully saturated rings. The van der Waals surface area contributed by atoms with Crippen molar-refractivity contribution in [2.24, 2.45) is 0 Å². The third-order valence-corrected chi connectivity index (χ3v) is 0.